The smallest absolute Gasteiger partial charge is 0.257 e. The molecule has 29 heavy (non-hydrogen) atoms. The fourth-order valence-electron chi connectivity index (χ4n) is 3.07. The zero-order chi connectivity index (χ0) is 20.8. The summed E-state index contributed by atoms with van der Waals surface area (Å²) in [4.78, 5) is 30.5. The molecule has 0 radical (unpaired) electrons. The number of aromatic nitrogens is 1. The molecule has 0 atom stereocenters. The number of nitrogens with one attached hydrogen (secondary N) is 2. The van der Waals surface area contributed by atoms with Crippen LogP contribution in [-0.2, 0) is 13.0 Å². The van der Waals surface area contributed by atoms with Crippen LogP contribution in [0.3, 0.4) is 0 Å². The Bertz CT molecular complexity index is 1050. The second-order valence-corrected chi connectivity index (χ2v) is 7.43. The molecule has 0 unspecified atom stereocenters. The first-order valence-corrected chi connectivity index (χ1v) is 9.82. The van der Waals surface area contributed by atoms with E-state index < -0.39 is 5.91 Å². The van der Waals surface area contributed by atoms with E-state index in [2.05, 4.69) is 10.3 Å². The largest absolute Gasteiger partial charge is 0.395 e. The number of pyridine rings is 1. The number of fused-ring (bicyclic) bond motifs is 1. The van der Waals surface area contributed by atoms with Crippen LogP contribution in [0.25, 0.3) is 10.9 Å². The lowest BCUT2D eigenvalue weighted by molar-refractivity contribution is 0.0949. The minimum absolute atomic E-state index is 0.0843. The number of benzene rings is 2. The van der Waals surface area contributed by atoms with Crippen molar-refractivity contribution in [1.29, 1.82) is 0 Å². The third-order valence-electron chi connectivity index (χ3n) is 4.82. The Morgan fingerprint density at radius 1 is 1.14 bits per heavy atom. The van der Waals surface area contributed by atoms with E-state index in [-0.39, 0.29) is 17.6 Å². The van der Waals surface area contributed by atoms with Crippen molar-refractivity contribution in [2.75, 3.05) is 26.7 Å². The molecule has 0 aliphatic carbocycles. The molecule has 3 rings (SSSR count). The van der Waals surface area contributed by atoms with Gasteiger partial charge in [-0.25, -0.2) is 0 Å². The molecule has 0 aliphatic rings. The minimum Gasteiger partial charge on any atom is -0.395 e. The summed E-state index contributed by atoms with van der Waals surface area (Å²) < 4.78 is 0. The van der Waals surface area contributed by atoms with E-state index in [1.807, 2.05) is 42.3 Å². The molecule has 6 nitrogen and oxygen atoms in total. The SMILES string of the molecule is CN(CCO)CCc1ccc2[nH]cc(C(=O)NCc3ccc(Cl)cc3)c(=O)c2c1. The topological polar surface area (TPSA) is 85.4 Å². The van der Waals surface area contributed by atoms with Crippen LogP contribution in [0, 0.1) is 0 Å². The normalized spacial score (nSPS) is 11.2. The molecule has 0 fully saturated rings. The number of halogens is 1. The summed E-state index contributed by atoms with van der Waals surface area (Å²) in [5.74, 6) is -0.420. The van der Waals surface area contributed by atoms with E-state index in [4.69, 9.17) is 16.7 Å². The lowest BCUT2D eigenvalue weighted by Gasteiger charge is -2.15. The van der Waals surface area contributed by atoms with Crippen LogP contribution in [-0.4, -0.2) is 47.6 Å². The van der Waals surface area contributed by atoms with Crippen molar-refractivity contribution < 1.29 is 9.90 Å². The summed E-state index contributed by atoms with van der Waals surface area (Å²) in [6.45, 7) is 1.80. The molecular formula is C22H24ClN3O3. The monoisotopic (exact) mass is 413 g/mol. The maximum absolute atomic E-state index is 12.9. The van der Waals surface area contributed by atoms with Crippen LogP contribution in [0.15, 0.2) is 53.5 Å². The lowest BCUT2D eigenvalue weighted by atomic mass is 10.1. The zero-order valence-corrected chi connectivity index (χ0v) is 17.0. The molecule has 0 aliphatic heterocycles. The highest BCUT2D eigenvalue weighted by Crippen LogP contribution is 2.13. The lowest BCUT2D eigenvalue weighted by Crippen LogP contribution is -2.28. The Morgan fingerprint density at radius 2 is 1.86 bits per heavy atom. The van der Waals surface area contributed by atoms with Crippen molar-refractivity contribution in [2.24, 2.45) is 0 Å². The van der Waals surface area contributed by atoms with E-state index in [9.17, 15) is 9.59 Å². The quantitative estimate of drug-likeness (QED) is 0.530. The van der Waals surface area contributed by atoms with E-state index in [1.54, 1.807) is 12.1 Å². The van der Waals surface area contributed by atoms with Crippen molar-refractivity contribution in [3.8, 4) is 0 Å². The first-order chi connectivity index (χ1) is 14.0. The number of hydrogen-bond acceptors (Lipinski definition) is 4. The number of aliphatic hydroxyl groups excluding tert-OH is 1. The van der Waals surface area contributed by atoms with Gasteiger partial charge in [0.25, 0.3) is 5.91 Å². The average Bonchev–Trinajstić information content (AvgIpc) is 2.72. The predicted molar refractivity (Wildman–Crippen MR) is 115 cm³/mol. The molecule has 2 aromatic carbocycles. The van der Waals surface area contributed by atoms with Gasteiger partial charge >= 0.3 is 0 Å². The summed E-state index contributed by atoms with van der Waals surface area (Å²) >= 11 is 5.87. The van der Waals surface area contributed by atoms with Crippen molar-refractivity contribution in [3.05, 3.63) is 80.6 Å². The van der Waals surface area contributed by atoms with E-state index in [0.717, 1.165) is 24.1 Å². The van der Waals surface area contributed by atoms with E-state index in [1.165, 1.54) is 6.20 Å². The number of H-pyrrole nitrogens is 1. The van der Waals surface area contributed by atoms with Gasteiger partial charge in [-0.1, -0.05) is 29.8 Å². The van der Waals surface area contributed by atoms with Gasteiger partial charge in [-0.3, -0.25) is 9.59 Å². The number of rotatable bonds is 8. The Hall–Kier alpha value is -2.67. The standard InChI is InChI=1S/C22H24ClN3O3/c1-26(10-11-27)9-8-15-4-7-20-18(12-15)21(28)19(14-24-20)22(29)25-13-16-2-5-17(23)6-3-16/h2-7,12,14,27H,8-11,13H2,1H3,(H,24,28)(H,25,29). The number of likely N-dealkylation sites (N-methyl/N-ethyl adjacent to an activating group) is 1. The molecule has 1 amide bonds. The van der Waals surface area contributed by atoms with Gasteiger partial charge in [-0.2, -0.15) is 0 Å². The van der Waals surface area contributed by atoms with Gasteiger partial charge in [0.2, 0.25) is 5.43 Å². The van der Waals surface area contributed by atoms with Crippen LogP contribution in [0.2, 0.25) is 5.02 Å². The maximum Gasteiger partial charge on any atom is 0.257 e. The van der Waals surface area contributed by atoms with Crippen LogP contribution in [0.5, 0.6) is 0 Å². The molecule has 0 spiro atoms. The molecule has 3 N–H and O–H groups in total. The molecule has 0 bridgehead atoms. The van der Waals surface area contributed by atoms with Gasteiger partial charge < -0.3 is 20.3 Å². The summed E-state index contributed by atoms with van der Waals surface area (Å²) in [7, 11) is 1.94. The van der Waals surface area contributed by atoms with E-state index >= 15 is 0 Å². The molecule has 0 saturated heterocycles. The molecule has 1 heterocycles. The predicted octanol–water partition coefficient (Wildman–Crippen LogP) is 2.58. The van der Waals surface area contributed by atoms with Gasteiger partial charge in [0.1, 0.15) is 5.56 Å². The number of amides is 1. The molecule has 7 heteroatoms. The van der Waals surface area contributed by atoms with Crippen LogP contribution in [0.1, 0.15) is 21.5 Å². The first kappa shape index (κ1) is 21.0. The summed E-state index contributed by atoms with van der Waals surface area (Å²) in [6, 6.07) is 12.8. The minimum atomic E-state index is -0.420. The highest BCUT2D eigenvalue weighted by molar-refractivity contribution is 6.30. The molecule has 152 valence electrons. The number of nitrogens with zero attached hydrogens (tertiary/aromatic N) is 1. The maximum atomic E-state index is 12.9. The van der Waals surface area contributed by atoms with Gasteiger partial charge in [0.05, 0.1) is 6.61 Å². The zero-order valence-electron chi connectivity index (χ0n) is 16.2. The fourth-order valence-corrected chi connectivity index (χ4v) is 3.20. The summed E-state index contributed by atoms with van der Waals surface area (Å²) in [5.41, 5.74) is 2.39. The third-order valence-corrected chi connectivity index (χ3v) is 5.07. The third kappa shape index (κ3) is 5.44. The van der Waals surface area contributed by atoms with Crippen LogP contribution < -0.4 is 10.7 Å². The number of hydrogen-bond donors (Lipinski definition) is 3. The highest BCUT2D eigenvalue weighted by atomic mass is 35.5. The average molecular weight is 414 g/mol. The Labute approximate surface area is 174 Å². The van der Waals surface area contributed by atoms with Crippen molar-refractivity contribution >= 4 is 28.4 Å². The number of aromatic amines is 1. The van der Waals surface area contributed by atoms with Crippen LogP contribution in [0.4, 0.5) is 0 Å². The van der Waals surface area contributed by atoms with Gasteiger partial charge in [-0.15, -0.1) is 0 Å². The molecule has 0 saturated carbocycles. The first-order valence-electron chi connectivity index (χ1n) is 9.44. The Kier molecular flexibility index (Phi) is 7.04. The number of carbonyl (C=O) groups excluding carboxylic acids is 1. The second kappa shape index (κ2) is 9.69. The van der Waals surface area contributed by atoms with Crippen molar-refractivity contribution in [3.63, 3.8) is 0 Å². The van der Waals surface area contributed by atoms with Crippen molar-refractivity contribution in [1.82, 2.24) is 15.2 Å². The van der Waals surface area contributed by atoms with Gasteiger partial charge in [0, 0.05) is 41.8 Å². The Balaban J connectivity index is 1.75. The molecule has 1 aromatic heterocycles. The Morgan fingerprint density at radius 3 is 2.59 bits per heavy atom. The number of carbonyl (C=O) groups is 1. The van der Waals surface area contributed by atoms with Crippen molar-refractivity contribution in [2.45, 2.75) is 13.0 Å². The molecular weight excluding hydrogens is 390 g/mol. The van der Waals surface area contributed by atoms with E-state index in [0.29, 0.717) is 29.0 Å². The summed E-state index contributed by atoms with van der Waals surface area (Å²) in [6.07, 6.45) is 2.20. The van der Waals surface area contributed by atoms with Gasteiger partial charge in [0.15, 0.2) is 0 Å². The second-order valence-electron chi connectivity index (χ2n) is 7.00. The summed E-state index contributed by atoms with van der Waals surface area (Å²) in [5, 5.41) is 12.9. The fraction of sp³-hybridized carbons (Fsp3) is 0.273. The van der Waals surface area contributed by atoms with Crippen LogP contribution >= 0.6 is 11.6 Å². The van der Waals surface area contributed by atoms with Gasteiger partial charge in [-0.05, 0) is 48.9 Å². The highest BCUT2D eigenvalue weighted by Gasteiger charge is 2.13. The molecule has 3 aromatic rings. The number of aliphatic hydroxyl groups is 1.